The van der Waals surface area contributed by atoms with Gasteiger partial charge in [-0.25, -0.2) is 0 Å². The molecule has 118 valence electrons. The number of aliphatic hydroxyl groups is 2. The minimum absolute atomic E-state index is 0. The molecule has 0 unspecified atom stereocenters. The average molecular weight is 264 g/mol. The molecular formula is C12H40O5. The van der Waals surface area contributed by atoms with Crippen molar-refractivity contribution in [3.63, 3.8) is 0 Å². The monoisotopic (exact) mass is 264 g/mol. The Morgan fingerprint density at radius 1 is 0.765 bits per heavy atom. The van der Waals surface area contributed by atoms with E-state index >= 15 is 0 Å². The van der Waals surface area contributed by atoms with Crippen molar-refractivity contribution in [1.29, 1.82) is 0 Å². The van der Waals surface area contributed by atoms with Crippen molar-refractivity contribution in [3.05, 3.63) is 0 Å². The van der Waals surface area contributed by atoms with E-state index in [9.17, 15) is 0 Å². The minimum Gasteiger partial charge on any atom is -0.371 e. The molecule has 0 aliphatic heterocycles. The fourth-order valence-corrected chi connectivity index (χ4v) is 0.207. The molecule has 0 fully saturated rings. The van der Waals surface area contributed by atoms with E-state index in [1.807, 2.05) is 6.92 Å². The zero-order valence-corrected chi connectivity index (χ0v) is 6.95. The van der Waals surface area contributed by atoms with Crippen LogP contribution >= 0.6 is 0 Å². The molecule has 17 heavy (non-hydrogen) atoms. The molecule has 0 saturated carbocycles. The Kier molecular flexibility index (Phi) is 238. The summed E-state index contributed by atoms with van der Waals surface area (Å²) >= 11 is 0. The van der Waals surface area contributed by atoms with Crippen molar-refractivity contribution in [2.75, 3.05) is 34.1 Å². The van der Waals surface area contributed by atoms with Crippen LogP contribution in [-0.2, 0) is 14.2 Å². The highest BCUT2D eigenvalue weighted by molar-refractivity contribution is 4.02. The molecule has 0 radical (unpaired) electrons. The molecule has 0 bridgehead atoms. The van der Waals surface area contributed by atoms with Crippen molar-refractivity contribution < 1.29 is 24.4 Å². The van der Waals surface area contributed by atoms with Crippen LogP contribution in [0.1, 0.15) is 51.5 Å². The molecule has 2 N–H and O–H groups in total. The second kappa shape index (κ2) is 74.8. The van der Waals surface area contributed by atoms with Crippen LogP contribution in [0.5, 0.6) is 0 Å². The normalized spacial score (nSPS) is 5.65. The largest absolute Gasteiger partial charge is 0.371 e. The molecule has 0 heterocycles. The molecule has 0 aliphatic carbocycles. The summed E-state index contributed by atoms with van der Waals surface area (Å²) in [6.07, 6.45) is 0. The van der Waals surface area contributed by atoms with Crippen LogP contribution in [0.2, 0.25) is 0 Å². The molecule has 5 heteroatoms. The summed E-state index contributed by atoms with van der Waals surface area (Å²) in [6.45, 7) is 2.26. The molecular weight excluding hydrogens is 224 g/mol. The van der Waals surface area contributed by atoms with Crippen LogP contribution in [0.25, 0.3) is 0 Å². The van der Waals surface area contributed by atoms with E-state index in [1.54, 1.807) is 7.11 Å². The van der Waals surface area contributed by atoms with Crippen molar-refractivity contribution in [2.45, 2.75) is 51.5 Å². The maximum Gasteiger partial charge on any atom is 0.146 e. The van der Waals surface area contributed by atoms with Crippen molar-refractivity contribution in [1.82, 2.24) is 0 Å². The Hall–Kier alpha value is -0.200. The maximum atomic E-state index is 7.68. The summed E-state index contributed by atoms with van der Waals surface area (Å²) in [5, 5.41) is 15.4. The molecule has 5 nitrogen and oxygen atoms in total. The Morgan fingerprint density at radius 2 is 1.12 bits per heavy atom. The molecule has 0 aliphatic rings. The van der Waals surface area contributed by atoms with Gasteiger partial charge in [-0.05, 0) is 6.92 Å². The number of methoxy groups -OCH3 is 1. The number of hydrogen-bond donors (Lipinski definition) is 2. The Balaban J connectivity index is -0.0000000118. The fourth-order valence-electron chi connectivity index (χ4n) is 0.207. The summed E-state index contributed by atoms with van der Waals surface area (Å²) < 4.78 is 13.3. The summed E-state index contributed by atoms with van der Waals surface area (Å²) in [6, 6.07) is 0. The minimum atomic E-state index is -0.406. The van der Waals surface area contributed by atoms with Gasteiger partial charge in [-0.15, -0.1) is 0 Å². The first kappa shape index (κ1) is 54.2. The Morgan fingerprint density at radius 3 is 1.18 bits per heavy atom. The quantitative estimate of drug-likeness (QED) is 0.589. The molecule has 0 saturated heterocycles. The molecule has 0 amide bonds. The lowest BCUT2D eigenvalue weighted by Crippen LogP contribution is -1.93. The van der Waals surface area contributed by atoms with E-state index in [1.165, 1.54) is 0 Å². The van der Waals surface area contributed by atoms with E-state index in [0.29, 0.717) is 6.79 Å². The first-order valence-corrected chi connectivity index (χ1v) is 3.19. The average Bonchev–Trinajstić information content (AvgIpc) is 2.04. The van der Waals surface area contributed by atoms with Gasteiger partial charge in [0.05, 0.1) is 0 Å². The third kappa shape index (κ3) is 131. The second-order valence-corrected chi connectivity index (χ2v) is 1.36. The molecule has 0 aromatic carbocycles. The lowest BCUT2D eigenvalue weighted by atomic mass is 10.9. The Bertz CT molecular complexity index is 48.2. The molecule has 0 atom stereocenters. The van der Waals surface area contributed by atoms with Crippen molar-refractivity contribution in [3.8, 4) is 0 Å². The predicted octanol–water partition coefficient (Wildman–Crippen LogP) is 3.35. The summed E-state index contributed by atoms with van der Waals surface area (Å²) in [5.41, 5.74) is 0. The molecule has 0 rings (SSSR count). The van der Waals surface area contributed by atoms with Crippen molar-refractivity contribution in [2.24, 2.45) is 0 Å². The summed E-state index contributed by atoms with van der Waals surface area (Å²) in [5.74, 6) is 0. The van der Waals surface area contributed by atoms with E-state index in [0.717, 1.165) is 6.61 Å². The lowest BCUT2D eigenvalue weighted by Gasteiger charge is -1.93. The standard InChI is InChI=1S/C4H10O2.C2H6O3.6CH4/c1-3-6-4-5-2;3-1-5-2-4;;;;;;/h3-4H2,1-2H3;3-4H,1-2H2;6*1H4. The molecule has 0 spiro atoms. The predicted molar refractivity (Wildman–Crippen MR) is 79.1 cm³/mol. The van der Waals surface area contributed by atoms with E-state index in [4.69, 9.17) is 14.9 Å². The molecule has 0 aromatic rings. The number of hydrogen-bond acceptors (Lipinski definition) is 5. The van der Waals surface area contributed by atoms with Gasteiger partial charge >= 0.3 is 0 Å². The molecule has 0 aromatic heterocycles. The maximum absolute atomic E-state index is 7.68. The first-order chi connectivity index (χ1) is 5.33. The van der Waals surface area contributed by atoms with Crippen molar-refractivity contribution >= 4 is 0 Å². The van der Waals surface area contributed by atoms with E-state index in [2.05, 4.69) is 9.47 Å². The topological polar surface area (TPSA) is 68.2 Å². The smallest absolute Gasteiger partial charge is 0.146 e. The van der Waals surface area contributed by atoms with Gasteiger partial charge in [0.25, 0.3) is 0 Å². The summed E-state index contributed by atoms with van der Waals surface area (Å²) in [4.78, 5) is 0. The third-order valence-electron chi connectivity index (χ3n) is 0.588. The highest BCUT2D eigenvalue weighted by Crippen LogP contribution is 1.68. The van der Waals surface area contributed by atoms with Gasteiger partial charge in [-0.2, -0.15) is 0 Å². The number of rotatable bonds is 5. The SMILES string of the molecule is C.C.C.C.C.C.CCOCOC.OCOCO. The van der Waals surface area contributed by atoms with Gasteiger partial charge in [0.2, 0.25) is 0 Å². The van der Waals surface area contributed by atoms with Crippen LogP contribution in [0.3, 0.4) is 0 Å². The van der Waals surface area contributed by atoms with Crippen LogP contribution in [0, 0.1) is 0 Å². The van der Waals surface area contributed by atoms with Gasteiger partial charge in [-0.3, -0.25) is 0 Å². The fraction of sp³-hybridized carbons (Fsp3) is 1.00. The van der Waals surface area contributed by atoms with Gasteiger partial charge < -0.3 is 24.4 Å². The zero-order valence-electron chi connectivity index (χ0n) is 6.95. The van der Waals surface area contributed by atoms with Crippen LogP contribution in [0.15, 0.2) is 0 Å². The van der Waals surface area contributed by atoms with Crippen LogP contribution < -0.4 is 0 Å². The highest BCUT2D eigenvalue weighted by Gasteiger charge is 1.71. The van der Waals surface area contributed by atoms with Gasteiger partial charge in [-0.1, -0.05) is 44.6 Å². The van der Waals surface area contributed by atoms with Gasteiger partial charge in [0.1, 0.15) is 20.4 Å². The van der Waals surface area contributed by atoms with E-state index < -0.39 is 13.6 Å². The highest BCUT2D eigenvalue weighted by atomic mass is 16.7. The Labute approximate surface area is 111 Å². The number of aliphatic hydroxyl groups excluding tert-OH is 2. The summed E-state index contributed by atoms with van der Waals surface area (Å²) in [7, 11) is 1.61. The number of ether oxygens (including phenoxy) is 3. The second-order valence-electron chi connectivity index (χ2n) is 1.36. The van der Waals surface area contributed by atoms with Crippen LogP contribution in [-0.4, -0.2) is 44.3 Å². The lowest BCUT2D eigenvalue weighted by molar-refractivity contribution is -0.0763. The van der Waals surface area contributed by atoms with Crippen LogP contribution in [0.4, 0.5) is 0 Å². The first-order valence-electron chi connectivity index (χ1n) is 3.19. The van der Waals surface area contributed by atoms with Gasteiger partial charge in [0, 0.05) is 13.7 Å². The van der Waals surface area contributed by atoms with E-state index in [-0.39, 0.29) is 44.6 Å². The zero-order chi connectivity index (χ0) is 8.95. The van der Waals surface area contributed by atoms with Gasteiger partial charge in [0.15, 0.2) is 0 Å². The third-order valence-corrected chi connectivity index (χ3v) is 0.588.